The second-order valence-corrected chi connectivity index (χ2v) is 5.34. The highest BCUT2D eigenvalue weighted by molar-refractivity contribution is 6.30. The third-order valence-electron chi connectivity index (χ3n) is 3.11. The van der Waals surface area contributed by atoms with Crippen LogP contribution in [-0.2, 0) is 0 Å². The first kappa shape index (κ1) is 14.7. The molecule has 0 aliphatic carbocycles. The third-order valence-corrected chi connectivity index (χ3v) is 3.35. The Morgan fingerprint density at radius 3 is 2.50 bits per heavy atom. The van der Waals surface area contributed by atoms with E-state index in [-0.39, 0.29) is 0 Å². The van der Waals surface area contributed by atoms with Gasteiger partial charge in [-0.1, -0.05) is 29.3 Å². The van der Waals surface area contributed by atoms with E-state index in [0.717, 1.165) is 35.0 Å². The van der Waals surface area contributed by atoms with Gasteiger partial charge >= 0.3 is 0 Å². The molecule has 0 spiro atoms. The summed E-state index contributed by atoms with van der Waals surface area (Å²) in [5, 5.41) is 4.17. The predicted molar refractivity (Wildman–Crippen MR) is 86.0 cm³/mol. The molecule has 1 N–H and O–H groups in total. The van der Waals surface area contributed by atoms with E-state index in [2.05, 4.69) is 31.3 Å². The Morgan fingerprint density at radius 1 is 1.05 bits per heavy atom. The number of nitrogens with one attached hydrogen (secondary N) is 1. The molecule has 0 atom stereocenters. The van der Waals surface area contributed by atoms with Gasteiger partial charge < -0.3 is 10.1 Å². The molecule has 2 aromatic rings. The normalized spacial score (nSPS) is 10.3. The zero-order chi connectivity index (χ0) is 14.4. The fraction of sp³-hybridized carbons (Fsp3) is 0.294. The molecule has 0 saturated heterocycles. The standard InChI is InChI=1S/C17H20ClNO/c1-13-4-7-16(8-5-13)20-11-3-10-19-17-9-6-15(18)12-14(17)2/h4-9,12,19H,3,10-11H2,1-2H3. The molecule has 20 heavy (non-hydrogen) atoms. The summed E-state index contributed by atoms with van der Waals surface area (Å²) in [6, 6.07) is 14.0. The largest absolute Gasteiger partial charge is 0.494 e. The molecule has 0 aromatic heterocycles. The van der Waals surface area contributed by atoms with Crippen LogP contribution in [0.25, 0.3) is 0 Å². The minimum atomic E-state index is 0.711. The number of anilines is 1. The molecule has 2 rings (SSSR count). The molecule has 0 aliphatic rings. The fourth-order valence-corrected chi connectivity index (χ4v) is 2.17. The summed E-state index contributed by atoms with van der Waals surface area (Å²) in [4.78, 5) is 0. The molecule has 0 heterocycles. The fourth-order valence-electron chi connectivity index (χ4n) is 1.95. The Balaban J connectivity index is 1.70. The van der Waals surface area contributed by atoms with Gasteiger partial charge in [-0.3, -0.25) is 0 Å². The van der Waals surface area contributed by atoms with Gasteiger partial charge in [-0.05, 0) is 56.2 Å². The lowest BCUT2D eigenvalue weighted by molar-refractivity contribution is 0.315. The number of ether oxygens (including phenoxy) is 1. The summed E-state index contributed by atoms with van der Waals surface area (Å²) >= 11 is 5.93. The van der Waals surface area contributed by atoms with Crippen LogP contribution in [0.5, 0.6) is 5.75 Å². The molecule has 2 nitrogen and oxygen atoms in total. The van der Waals surface area contributed by atoms with Crippen molar-refractivity contribution < 1.29 is 4.74 Å². The van der Waals surface area contributed by atoms with E-state index < -0.39 is 0 Å². The molecular weight excluding hydrogens is 270 g/mol. The number of aryl methyl sites for hydroxylation is 2. The summed E-state index contributed by atoms with van der Waals surface area (Å²) in [5.74, 6) is 0.929. The van der Waals surface area contributed by atoms with Crippen LogP contribution < -0.4 is 10.1 Å². The highest BCUT2D eigenvalue weighted by Gasteiger charge is 1.98. The minimum absolute atomic E-state index is 0.711. The van der Waals surface area contributed by atoms with Gasteiger partial charge in [0.15, 0.2) is 0 Å². The first-order chi connectivity index (χ1) is 9.65. The van der Waals surface area contributed by atoms with Crippen molar-refractivity contribution in [2.75, 3.05) is 18.5 Å². The van der Waals surface area contributed by atoms with Crippen LogP contribution in [-0.4, -0.2) is 13.2 Å². The second kappa shape index (κ2) is 7.20. The van der Waals surface area contributed by atoms with Gasteiger partial charge in [0, 0.05) is 17.3 Å². The quantitative estimate of drug-likeness (QED) is 0.769. The van der Waals surface area contributed by atoms with E-state index in [1.807, 2.05) is 30.3 Å². The van der Waals surface area contributed by atoms with Crippen LogP contribution in [0.15, 0.2) is 42.5 Å². The lowest BCUT2D eigenvalue weighted by atomic mass is 10.2. The van der Waals surface area contributed by atoms with Crippen molar-refractivity contribution in [1.82, 2.24) is 0 Å². The average molecular weight is 290 g/mol. The molecular formula is C17H20ClNO. The Bertz CT molecular complexity index is 551. The average Bonchev–Trinajstić information content (AvgIpc) is 2.42. The third kappa shape index (κ3) is 4.46. The monoisotopic (exact) mass is 289 g/mol. The summed E-state index contributed by atoms with van der Waals surface area (Å²) < 4.78 is 5.69. The van der Waals surface area contributed by atoms with Crippen LogP contribution in [0.3, 0.4) is 0 Å². The Hall–Kier alpha value is -1.67. The van der Waals surface area contributed by atoms with Crippen molar-refractivity contribution >= 4 is 17.3 Å². The number of benzene rings is 2. The van der Waals surface area contributed by atoms with Crippen molar-refractivity contribution in [3.63, 3.8) is 0 Å². The van der Waals surface area contributed by atoms with E-state index in [1.54, 1.807) is 0 Å². The van der Waals surface area contributed by atoms with Crippen molar-refractivity contribution in [2.24, 2.45) is 0 Å². The maximum absolute atomic E-state index is 5.93. The zero-order valence-corrected chi connectivity index (χ0v) is 12.7. The minimum Gasteiger partial charge on any atom is -0.494 e. The summed E-state index contributed by atoms with van der Waals surface area (Å²) in [6.07, 6.45) is 0.954. The first-order valence-corrected chi connectivity index (χ1v) is 7.22. The number of hydrogen-bond donors (Lipinski definition) is 1. The summed E-state index contributed by atoms with van der Waals surface area (Å²) in [6.45, 7) is 5.72. The lowest BCUT2D eigenvalue weighted by Gasteiger charge is -2.10. The number of rotatable bonds is 6. The predicted octanol–water partition coefficient (Wildman–Crippen LogP) is 4.84. The highest BCUT2D eigenvalue weighted by atomic mass is 35.5. The Labute approximate surface area is 125 Å². The maximum atomic E-state index is 5.93. The maximum Gasteiger partial charge on any atom is 0.119 e. The van der Waals surface area contributed by atoms with Gasteiger partial charge in [-0.2, -0.15) is 0 Å². The van der Waals surface area contributed by atoms with Crippen LogP contribution in [0.1, 0.15) is 17.5 Å². The van der Waals surface area contributed by atoms with Gasteiger partial charge in [0.1, 0.15) is 5.75 Å². The molecule has 0 aliphatic heterocycles. The first-order valence-electron chi connectivity index (χ1n) is 6.84. The molecule has 0 radical (unpaired) electrons. The van der Waals surface area contributed by atoms with Crippen molar-refractivity contribution in [2.45, 2.75) is 20.3 Å². The number of hydrogen-bond acceptors (Lipinski definition) is 2. The van der Waals surface area contributed by atoms with Crippen molar-refractivity contribution in [3.05, 3.63) is 58.6 Å². The van der Waals surface area contributed by atoms with Crippen LogP contribution >= 0.6 is 11.6 Å². The SMILES string of the molecule is Cc1ccc(OCCCNc2ccc(Cl)cc2C)cc1. The number of halogens is 1. The molecule has 0 bridgehead atoms. The lowest BCUT2D eigenvalue weighted by Crippen LogP contribution is -2.08. The Morgan fingerprint density at radius 2 is 1.80 bits per heavy atom. The smallest absolute Gasteiger partial charge is 0.119 e. The van der Waals surface area contributed by atoms with Crippen LogP contribution in [0.4, 0.5) is 5.69 Å². The van der Waals surface area contributed by atoms with Gasteiger partial charge in [-0.25, -0.2) is 0 Å². The van der Waals surface area contributed by atoms with Gasteiger partial charge in [0.2, 0.25) is 0 Å². The second-order valence-electron chi connectivity index (χ2n) is 4.90. The molecule has 0 fully saturated rings. The molecule has 2 aromatic carbocycles. The zero-order valence-electron chi connectivity index (χ0n) is 11.9. The van der Waals surface area contributed by atoms with Gasteiger partial charge in [0.25, 0.3) is 0 Å². The molecule has 3 heteroatoms. The summed E-state index contributed by atoms with van der Waals surface area (Å²) in [5.41, 5.74) is 3.54. The summed E-state index contributed by atoms with van der Waals surface area (Å²) in [7, 11) is 0. The van der Waals surface area contributed by atoms with E-state index in [1.165, 1.54) is 5.56 Å². The van der Waals surface area contributed by atoms with Gasteiger partial charge in [0.05, 0.1) is 6.61 Å². The van der Waals surface area contributed by atoms with E-state index in [9.17, 15) is 0 Å². The van der Waals surface area contributed by atoms with Crippen molar-refractivity contribution in [3.8, 4) is 5.75 Å². The van der Waals surface area contributed by atoms with Crippen LogP contribution in [0.2, 0.25) is 5.02 Å². The molecule has 0 amide bonds. The van der Waals surface area contributed by atoms with Gasteiger partial charge in [-0.15, -0.1) is 0 Å². The van der Waals surface area contributed by atoms with E-state index >= 15 is 0 Å². The van der Waals surface area contributed by atoms with Crippen molar-refractivity contribution in [1.29, 1.82) is 0 Å². The topological polar surface area (TPSA) is 21.3 Å². The molecule has 106 valence electrons. The van der Waals surface area contributed by atoms with E-state index in [4.69, 9.17) is 16.3 Å². The molecule has 0 unspecified atom stereocenters. The van der Waals surface area contributed by atoms with E-state index in [0.29, 0.717) is 6.61 Å². The molecule has 0 saturated carbocycles. The van der Waals surface area contributed by atoms with Crippen LogP contribution in [0, 0.1) is 13.8 Å². The Kier molecular flexibility index (Phi) is 5.31. The highest BCUT2D eigenvalue weighted by Crippen LogP contribution is 2.19.